The predicted molar refractivity (Wildman–Crippen MR) is 246 cm³/mol. The molecule has 6 aromatic rings. The van der Waals surface area contributed by atoms with E-state index in [1.54, 1.807) is 0 Å². The van der Waals surface area contributed by atoms with Crippen LogP contribution >= 0.6 is 17.2 Å². The van der Waals surface area contributed by atoms with E-state index in [0.29, 0.717) is 94.7 Å². The molecule has 0 aromatic heterocycles. The van der Waals surface area contributed by atoms with Crippen molar-refractivity contribution in [3.63, 3.8) is 0 Å². The van der Waals surface area contributed by atoms with Gasteiger partial charge in [-0.05, 0) is 77.9 Å². The first-order valence-corrected chi connectivity index (χ1v) is 24.3. The number of hydrogen-bond acceptors (Lipinski definition) is 11. The summed E-state index contributed by atoms with van der Waals surface area (Å²) < 4.78 is 74.7. The van der Waals surface area contributed by atoms with Crippen LogP contribution in [0.3, 0.4) is 0 Å². The van der Waals surface area contributed by atoms with Crippen molar-refractivity contribution < 1.29 is 50.8 Å². The lowest BCUT2D eigenvalue weighted by Crippen LogP contribution is -2.43. The first-order chi connectivity index (χ1) is 31.2. The van der Waals surface area contributed by atoms with E-state index in [1.807, 2.05) is 84.9 Å². The zero-order chi connectivity index (χ0) is 44.3. The average Bonchev–Trinajstić information content (AvgIpc) is 3.98. The van der Waals surface area contributed by atoms with Gasteiger partial charge in [0.05, 0.1) is 0 Å². The summed E-state index contributed by atoms with van der Waals surface area (Å²) in [5.41, 5.74) is 3.92. The van der Waals surface area contributed by atoms with Crippen molar-refractivity contribution in [1.29, 1.82) is 0 Å². The van der Waals surface area contributed by atoms with E-state index in [2.05, 4.69) is 65.8 Å². The molecule has 6 aromatic carbocycles. The van der Waals surface area contributed by atoms with E-state index in [0.717, 1.165) is 46.2 Å². The molecular formula is C52H48O11P2. The Labute approximate surface area is 380 Å². The number of rotatable bonds is 4. The molecule has 332 valence electrons. The largest absolute Gasteiger partial charge is 0.530 e. The topological polar surface area (TPSA) is 102 Å². The van der Waals surface area contributed by atoms with E-state index in [-0.39, 0.29) is 0 Å². The van der Waals surface area contributed by atoms with E-state index < -0.39 is 39.6 Å². The number of fused-ring (bicyclic) bond motifs is 4. The molecule has 65 heavy (non-hydrogen) atoms. The maximum absolute atomic E-state index is 6.97. The number of benzene rings is 6. The van der Waals surface area contributed by atoms with Gasteiger partial charge >= 0.3 is 17.2 Å². The zero-order valence-corrected chi connectivity index (χ0v) is 38.8. The van der Waals surface area contributed by atoms with Gasteiger partial charge < -0.3 is 50.8 Å². The minimum absolute atomic E-state index is 0.393. The molecule has 12 rings (SSSR count). The zero-order valence-electron chi connectivity index (χ0n) is 37.0. The molecule has 11 nitrogen and oxygen atoms in total. The second-order valence-electron chi connectivity index (χ2n) is 19.5. The molecule has 0 amide bonds. The highest BCUT2D eigenvalue weighted by atomic mass is 31.2. The Bertz CT molecular complexity index is 2720. The first kappa shape index (κ1) is 40.5. The maximum Gasteiger partial charge on any atom is 0.530 e. The van der Waals surface area contributed by atoms with Crippen LogP contribution in [0.4, 0.5) is 0 Å². The lowest BCUT2D eigenvalue weighted by atomic mass is 9.84. The van der Waals surface area contributed by atoms with Crippen LogP contribution in [0.2, 0.25) is 0 Å². The summed E-state index contributed by atoms with van der Waals surface area (Å²) in [6, 6.07) is 35.4. The normalized spacial score (nSPS) is 24.3. The second-order valence-corrected chi connectivity index (χ2v) is 21.4. The van der Waals surface area contributed by atoms with Crippen molar-refractivity contribution in [1.82, 2.24) is 0 Å². The van der Waals surface area contributed by atoms with Crippen LogP contribution in [0, 0.1) is 0 Å². The Hall–Kier alpha value is -6.02. The standard InChI is InChI=1S/C52H48O11P2/c1-49(2)26-33-15-9-21-39(45(33)54-49)60-64-58-37-19-7-13-31-25-32-14-8-20-38(44(32)53-43(31)37)59-65(61-40-22-10-16-34-27-50(3,4)55-46(34)40)63-42-24-12-18-36-29-52(6,57-48(36)42)30-51(5)28-35-17-11-23-41(62-64)47(35)56-51/h7-24H,25-30H2,1-6H3. The molecule has 4 unspecified atom stereocenters. The highest BCUT2D eigenvalue weighted by Gasteiger charge is 2.48. The quantitative estimate of drug-likeness (QED) is 0.158. The van der Waals surface area contributed by atoms with Crippen LogP contribution in [0.1, 0.15) is 81.3 Å². The number of hydrogen-bond donors (Lipinski definition) is 0. The Morgan fingerprint density at radius 2 is 0.738 bits per heavy atom. The molecule has 6 bridgehead atoms. The molecule has 6 aliphatic rings. The van der Waals surface area contributed by atoms with Crippen LogP contribution in [-0.4, -0.2) is 22.4 Å². The van der Waals surface area contributed by atoms with E-state index >= 15 is 0 Å². The summed E-state index contributed by atoms with van der Waals surface area (Å²) in [5.74, 6) is 6.60. The van der Waals surface area contributed by atoms with Gasteiger partial charge in [-0.25, -0.2) is 0 Å². The minimum atomic E-state index is -2.20. The van der Waals surface area contributed by atoms with Crippen molar-refractivity contribution in [3.05, 3.63) is 143 Å². The van der Waals surface area contributed by atoms with Crippen LogP contribution < -0.4 is 50.8 Å². The summed E-state index contributed by atoms with van der Waals surface area (Å²) in [4.78, 5) is 0. The molecule has 6 heterocycles. The van der Waals surface area contributed by atoms with E-state index in [9.17, 15) is 0 Å². The smallest absolute Gasteiger partial charge is 0.483 e. The predicted octanol–water partition coefficient (Wildman–Crippen LogP) is 13.1. The average molecular weight is 911 g/mol. The third-order valence-electron chi connectivity index (χ3n) is 12.5. The summed E-state index contributed by atoms with van der Waals surface area (Å²) >= 11 is 0. The van der Waals surface area contributed by atoms with Crippen LogP contribution in [0.5, 0.6) is 69.0 Å². The van der Waals surface area contributed by atoms with Gasteiger partial charge in [0.25, 0.3) is 0 Å². The fourth-order valence-electron chi connectivity index (χ4n) is 10.1. The molecule has 0 N–H and O–H groups in total. The number of ether oxygens (including phenoxy) is 5. The Morgan fingerprint density at radius 3 is 1.15 bits per heavy atom. The molecule has 0 radical (unpaired) electrons. The first-order valence-electron chi connectivity index (χ1n) is 22.1. The third kappa shape index (κ3) is 7.47. The van der Waals surface area contributed by atoms with Gasteiger partial charge in [0.2, 0.25) is 0 Å². The van der Waals surface area contributed by atoms with Crippen molar-refractivity contribution in [2.75, 3.05) is 0 Å². The van der Waals surface area contributed by atoms with Gasteiger partial charge in [0.1, 0.15) is 22.4 Å². The molecular weight excluding hydrogens is 863 g/mol. The summed E-state index contributed by atoms with van der Waals surface area (Å²) in [7, 11) is -4.40. The number of para-hydroxylation sites is 6. The molecule has 4 atom stereocenters. The van der Waals surface area contributed by atoms with Crippen molar-refractivity contribution in [2.45, 2.75) is 102 Å². The molecule has 13 heteroatoms. The Balaban J connectivity index is 0.967. The second kappa shape index (κ2) is 14.7. The molecule has 0 saturated heterocycles. The summed E-state index contributed by atoms with van der Waals surface area (Å²) in [6.07, 6.45) is 3.88. The Kier molecular flexibility index (Phi) is 9.19. The van der Waals surface area contributed by atoms with E-state index in [4.69, 9.17) is 50.8 Å². The van der Waals surface area contributed by atoms with Crippen molar-refractivity contribution in [3.8, 4) is 69.0 Å². The van der Waals surface area contributed by atoms with Crippen molar-refractivity contribution >= 4 is 17.2 Å². The minimum Gasteiger partial charge on any atom is -0.483 e. The molecule has 0 aliphatic carbocycles. The highest BCUT2D eigenvalue weighted by molar-refractivity contribution is 7.43. The molecule has 6 aliphatic heterocycles. The van der Waals surface area contributed by atoms with E-state index in [1.165, 1.54) is 0 Å². The summed E-state index contributed by atoms with van der Waals surface area (Å²) in [6.45, 7) is 12.5. The van der Waals surface area contributed by atoms with Crippen LogP contribution in [0.25, 0.3) is 0 Å². The molecule has 0 fully saturated rings. The monoisotopic (exact) mass is 910 g/mol. The molecule has 0 saturated carbocycles. The fourth-order valence-corrected chi connectivity index (χ4v) is 12.2. The maximum atomic E-state index is 6.97. The lowest BCUT2D eigenvalue weighted by Gasteiger charge is -2.34. The molecule has 0 spiro atoms. The van der Waals surface area contributed by atoms with Gasteiger partial charge in [-0.3, -0.25) is 0 Å². The lowest BCUT2D eigenvalue weighted by molar-refractivity contribution is 0.00702. The third-order valence-corrected chi connectivity index (χ3v) is 14.6. The SMILES string of the molecule is CC1(C)Cc2cccc(OP3Oc4cccc5c4Oc4c(cccc4OP(Oc4cccc6c4OC(C)(C)C6)Oc4cccc6c4OC(C)(C6)CC4(C)Cc6cccc(c6O4)O3)C5)c2O1. The van der Waals surface area contributed by atoms with Crippen molar-refractivity contribution in [2.24, 2.45) is 0 Å². The van der Waals surface area contributed by atoms with Gasteiger partial charge in [-0.2, -0.15) is 0 Å². The van der Waals surface area contributed by atoms with Crippen LogP contribution in [-0.2, 0) is 32.1 Å². The Morgan fingerprint density at radius 1 is 0.385 bits per heavy atom. The highest BCUT2D eigenvalue weighted by Crippen LogP contribution is 2.59. The fraction of sp³-hybridized carbons (Fsp3) is 0.308. The van der Waals surface area contributed by atoms with Gasteiger partial charge in [-0.1, -0.05) is 72.8 Å². The van der Waals surface area contributed by atoms with Gasteiger partial charge in [0.15, 0.2) is 69.0 Å². The van der Waals surface area contributed by atoms with Gasteiger partial charge in [-0.15, -0.1) is 0 Å². The van der Waals surface area contributed by atoms with Gasteiger partial charge in [0, 0.05) is 71.9 Å². The van der Waals surface area contributed by atoms with Crippen LogP contribution in [0.15, 0.2) is 109 Å². The summed E-state index contributed by atoms with van der Waals surface area (Å²) in [5, 5.41) is 0.